The summed E-state index contributed by atoms with van der Waals surface area (Å²) in [7, 11) is 1.61. The Morgan fingerprint density at radius 3 is 2.63 bits per heavy atom. The second kappa shape index (κ2) is 6.78. The van der Waals surface area contributed by atoms with Gasteiger partial charge in [0.1, 0.15) is 11.8 Å². The summed E-state index contributed by atoms with van der Waals surface area (Å²) in [5.74, 6) is -0.482. The molecular formula is C14H19NO4. The monoisotopic (exact) mass is 265 g/mol. The second-order valence-corrected chi connectivity index (χ2v) is 4.43. The van der Waals surface area contributed by atoms with Crippen molar-refractivity contribution in [3.63, 3.8) is 0 Å². The normalized spacial score (nSPS) is 11.7. The average molecular weight is 265 g/mol. The molecule has 0 heterocycles. The van der Waals surface area contributed by atoms with Crippen molar-refractivity contribution in [3.8, 4) is 5.75 Å². The summed E-state index contributed by atoms with van der Waals surface area (Å²) in [4.78, 5) is 22.1. The highest BCUT2D eigenvalue weighted by molar-refractivity contribution is 5.83. The Morgan fingerprint density at radius 1 is 1.42 bits per heavy atom. The molecule has 1 rings (SSSR count). The minimum absolute atomic E-state index is 0.261. The zero-order chi connectivity index (χ0) is 14.4. The highest BCUT2D eigenvalue weighted by Crippen LogP contribution is 2.19. The number of benzene rings is 1. The Kier molecular flexibility index (Phi) is 5.36. The molecule has 19 heavy (non-hydrogen) atoms. The van der Waals surface area contributed by atoms with Crippen molar-refractivity contribution in [1.29, 1.82) is 0 Å². The molecule has 1 aromatic rings. The lowest BCUT2D eigenvalue weighted by molar-refractivity contribution is -0.141. The maximum atomic E-state index is 11.5. The van der Waals surface area contributed by atoms with Crippen LogP contribution in [-0.2, 0) is 16.0 Å². The predicted molar refractivity (Wildman–Crippen MR) is 71.3 cm³/mol. The van der Waals surface area contributed by atoms with Crippen LogP contribution in [0.5, 0.6) is 5.75 Å². The lowest BCUT2D eigenvalue weighted by Gasteiger charge is -2.10. The SMILES string of the molecule is COc1ccc(CCC(=O)N[C@@H](C)C(=O)O)cc1C. The molecular weight excluding hydrogens is 246 g/mol. The van der Waals surface area contributed by atoms with E-state index in [4.69, 9.17) is 9.84 Å². The lowest BCUT2D eigenvalue weighted by atomic mass is 10.1. The van der Waals surface area contributed by atoms with Gasteiger partial charge in [0.05, 0.1) is 7.11 Å². The smallest absolute Gasteiger partial charge is 0.325 e. The number of ether oxygens (including phenoxy) is 1. The molecule has 0 spiro atoms. The summed E-state index contributed by atoms with van der Waals surface area (Å²) in [6, 6.07) is 4.87. The van der Waals surface area contributed by atoms with E-state index in [-0.39, 0.29) is 12.3 Å². The van der Waals surface area contributed by atoms with Crippen LogP contribution in [0, 0.1) is 6.92 Å². The van der Waals surface area contributed by atoms with Gasteiger partial charge in [0.2, 0.25) is 5.91 Å². The molecule has 0 fully saturated rings. The molecule has 5 nitrogen and oxygen atoms in total. The molecule has 1 aromatic carbocycles. The number of hydrogen-bond donors (Lipinski definition) is 2. The topological polar surface area (TPSA) is 75.6 Å². The number of carboxylic acid groups (broad SMARTS) is 1. The van der Waals surface area contributed by atoms with Crippen molar-refractivity contribution in [1.82, 2.24) is 5.32 Å². The maximum Gasteiger partial charge on any atom is 0.325 e. The third-order valence-electron chi connectivity index (χ3n) is 2.85. The van der Waals surface area contributed by atoms with Gasteiger partial charge in [0.15, 0.2) is 0 Å². The Labute approximate surface area is 112 Å². The fourth-order valence-corrected chi connectivity index (χ4v) is 1.73. The van der Waals surface area contributed by atoms with E-state index >= 15 is 0 Å². The zero-order valence-electron chi connectivity index (χ0n) is 11.4. The Morgan fingerprint density at radius 2 is 2.11 bits per heavy atom. The average Bonchev–Trinajstić information content (AvgIpc) is 2.36. The minimum Gasteiger partial charge on any atom is -0.496 e. The van der Waals surface area contributed by atoms with Crippen LogP contribution >= 0.6 is 0 Å². The van der Waals surface area contributed by atoms with Gasteiger partial charge in [0.25, 0.3) is 0 Å². The van der Waals surface area contributed by atoms with Gasteiger partial charge in [-0.3, -0.25) is 9.59 Å². The molecule has 104 valence electrons. The van der Waals surface area contributed by atoms with Crippen LogP contribution in [0.2, 0.25) is 0 Å². The number of aryl methyl sites for hydroxylation is 2. The first-order valence-electron chi connectivity index (χ1n) is 6.09. The van der Waals surface area contributed by atoms with Gasteiger partial charge >= 0.3 is 5.97 Å². The lowest BCUT2D eigenvalue weighted by Crippen LogP contribution is -2.38. The number of rotatable bonds is 6. The number of amides is 1. The largest absolute Gasteiger partial charge is 0.496 e. The number of hydrogen-bond acceptors (Lipinski definition) is 3. The molecule has 1 amide bonds. The highest BCUT2D eigenvalue weighted by Gasteiger charge is 2.13. The van der Waals surface area contributed by atoms with Crippen LogP contribution < -0.4 is 10.1 Å². The van der Waals surface area contributed by atoms with E-state index < -0.39 is 12.0 Å². The van der Waals surface area contributed by atoms with Crippen molar-refractivity contribution < 1.29 is 19.4 Å². The molecule has 0 aromatic heterocycles. The van der Waals surface area contributed by atoms with Gasteiger partial charge in [-0.2, -0.15) is 0 Å². The Bertz CT molecular complexity index is 471. The zero-order valence-corrected chi connectivity index (χ0v) is 11.4. The molecule has 2 N–H and O–H groups in total. The van der Waals surface area contributed by atoms with E-state index in [0.29, 0.717) is 6.42 Å². The molecule has 0 saturated carbocycles. The van der Waals surface area contributed by atoms with Crippen LogP contribution in [0.1, 0.15) is 24.5 Å². The number of nitrogens with one attached hydrogen (secondary N) is 1. The molecule has 0 bridgehead atoms. The summed E-state index contributed by atoms with van der Waals surface area (Å²) in [5, 5.41) is 11.1. The van der Waals surface area contributed by atoms with Crippen LogP contribution in [0.25, 0.3) is 0 Å². The van der Waals surface area contributed by atoms with Crippen LogP contribution in [-0.4, -0.2) is 30.1 Å². The second-order valence-electron chi connectivity index (χ2n) is 4.43. The molecule has 0 aliphatic carbocycles. The first-order valence-corrected chi connectivity index (χ1v) is 6.09. The standard InChI is InChI=1S/C14H19NO4/c1-9-8-11(4-6-12(9)19-3)5-7-13(16)15-10(2)14(17)18/h4,6,8,10H,5,7H2,1-3H3,(H,15,16)(H,17,18)/t10-/m0/s1. The van der Waals surface area contributed by atoms with Gasteiger partial charge in [0, 0.05) is 6.42 Å². The summed E-state index contributed by atoms with van der Waals surface area (Å²) >= 11 is 0. The van der Waals surface area contributed by atoms with Gasteiger partial charge in [-0.05, 0) is 37.5 Å². The number of carboxylic acids is 1. The molecule has 0 unspecified atom stereocenters. The van der Waals surface area contributed by atoms with Gasteiger partial charge in [-0.1, -0.05) is 12.1 Å². The Hall–Kier alpha value is -2.04. The fraction of sp³-hybridized carbons (Fsp3) is 0.429. The minimum atomic E-state index is -1.03. The maximum absolute atomic E-state index is 11.5. The van der Waals surface area contributed by atoms with Crippen molar-refractivity contribution in [2.75, 3.05) is 7.11 Å². The van der Waals surface area contributed by atoms with E-state index in [1.54, 1.807) is 7.11 Å². The number of carbonyl (C=O) groups excluding carboxylic acids is 1. The van der Waals surface area contributed by atoms with Crippen molar-refractivity contribution in [3.05, 3.63) is 29.3 Å². The fourth-order valence-electron chi connectivity index (χ4n) is 1.73. The summed E-state index contributed by atoms with van der Waals surface area (Å²) in [6.07, 6.45) is 0.840. The molecule has 0 radical (unpaired) electrons. The van der Waals surface area contributed by atoms with E-state index in [1.165, 1.54) is 6.92 Å². The third kappa shape index (κ3) is 4.62. The molecule has 0 aliphatic rings. The first kappa shape index (κ1) is 15.0. The Balaban J connectivity index is 2.50. The highest BCUT2D eigenvalue weighted by atomic mass is 16.5. The van der Waals surface area contributed by atoms with Gasteiger partial charge < -0.3 is 15.2 Å². The van der Waals surface area contributed by atoms with E-state index in [2.05, 4.69) is 5.32 Å². The third-order valence-corrected chi connectivity index (χ3v) is 2.85. The summed E-state index contributed by atoms with van der Waals surface area (Å²) in [6.45, 7) is 3.38. The van der Waals surface area contributed by atoms with Crippen LogP contribution in [0.15, 0.2) is 18.2 Å². The molecule has 1 atom stereocenters. The van der Waals surface area contributed by atoms with Gasteiger partial charge in [-0.15, -0.1) is 0 Å². The number of methoxy groups -OCH3 is 1. The first-order chi connectivity index (χ1) is 8.93. The molecule has 5 heteroatoms. The van der Waals surface area contributed by atoms with E-state index in [1.807, 2.05) is 25.1 Å². The van der Waals surface area contributed by atoms with Gasteiger partial charge in [-0.25, -0.2) is 0 Å². The quantitative estimate of drug-likeness (QED) is 0.817. The summed E-state index contributed by atoms with van der Waals surface area (Å²) in [5.41, 5.74) is 2.04. The van der Waals surface area contributed by atoms with E-state index in [9.17, 15) is 9.59 Å². The summed E-state index contributed by atoms with van der Waals surface area (Å²) < 4.78 is 5.16. The van der Waals surface area contributed by atoms with E-state index in [0.717, 1.165) is 16.9 Å². The predicted octanol–water partition coefficient (Wildman–Crippen LogP) is 1.53. The number of carbonyl (C=O) groups is 2. The van der Waals surface area contributed by atoms with Crippen LogP contribution in [0.3, 0.4) is 0 Å². The van der Waals surface area contributed by atoms with Crippen molar-refractivity contribution >= 4 is 11.9 Å². The van der Waals surface area contributed by atoms with Crippen molar-refractivity contribution in [2.24, 2.45) is 0 Å². The van der Waals surface area contributed by atoms with Crippen LogP contribution in [0.4, 0.5) is 0 Å². The molecule has 0 saturated heterocycles. The number of aliphatic carboxylic acids is 1. The molecule has 0 aliphatic heterocycles. The van der Waals surface area contributed by atoms with Crippen molar-refractivity contribution in [2.45, 2.75) is 32.7 Å².